The van der Waals surface area contributed by atoms with Crippen molar-refractivity contribution in [1.29, 1.82) is 0 Å². The first-order valence-electron chi connectivity index (χ1n) is 16.7. The van der Waals surface area contributed by atoms with Crippen molar-refractivity contribution in [2.24, 2.45) is 0 Å². The minimum atomic E-state index is -1.01. The number of benzene rings is 4. The molecule has 0 radical (unpaired) electrons. The largest absolute Gasteiger partial charge is 0.507 e. The second-order valence-corrected chi connectivity index (χ2v) is 14.3. The molecular formula is C40H39N3O6S2. The number of Topliss-reactive ketones (excluding diaryl/α,β-unsaturated/α-hetero) is 1. The van der Waals surface area contributed by atoms with Crippen molar-refractivity contribution in [2.45, 2.75) is 56.4 Å². The summed E-state index contributed by atoms with van der Waals surface area (Å²) in [6.45, 7) is 7.05. The third kappa shape index (κ3) is 8.10. The molecule has 0 bridgehead atoms. The molecule has 262 valence electrons. The van der Waals surface area contributed by atoms with Crippen LogP contribution in [0.15, 0.2) is 101 Å². The molecule has 4 aromatic carbocycles. The molecule has 1 aromatic heterocycles. The molecule has 1 aliphatic rings. The van der Waals surface area contributed by atoms with E-state index in [9.17, 15) is 14.7 Å². The van der Waals surface area contributed by atoms with E-state index in [1.54, 1.807) is 42.5 Å². The summed E-state index contributed by atoms with van der Waals surface area (Å²) < 4.78 is 18.3. The van der Waals surface area contributed by atoms with Crippen molar-refractivity contribution in [2.75, 3.05) is 18.6 Å². The molecule has 1 fully saturated rings. The molecular weight excluding hydrogens is 683 g/mol. The van der Waals surface area contributed by atoms with Gasteiger partial charge in [0, 0.05) is 11.3 Å². The maximum atomic E-state index is 13.8. The zero-order valence-corrected chi connectivity index (χ0v) is 30.6. The van der Waals surface area contributed by atoms with Gasteiger partial charge in [-0.1, -0.05) is 96.6 Å². The van der Waals surface area contributed by atoms with Gasteiger partial charge < -0.3 is 19.3 Å². The Morgan fingerprint density at radius 1 is 0.922 bits per heavy atom. The van der Waals surface area contributed by atoms with Crippen molar-refractivity contribution in [3.8, 4) is 17.2 Å². The molecule has 0 saturated carbocycles. The van der Waals surface area contributed by atoms with Gasteiger partial charge in [0.2, 0.25) is 5.13 Å². The number of aliphatic hydroxyl groups is 1. The first-order valence-corrected chi connectivity index (χ1v) is 18.5. The van der Waals surface area contributed by atoms with E-state index in [2.05, 4.69) is 41.4 Å². The molecule has 1 unspecified atom stereocenters. The number of aromatic nitrogens is 2. The van der Waals surface area contributed by atoms with E-state index in [-0.39, 0.29) is 16.5 Å². The van der Waals surface area contributed by atoms with Crippen LogP contribution in [0.5, 0.6) is 17.2 Å². The van der Waals surface area contributed by atoms with Gasteiger partial charge in [0.25, 0.3) is 5.78 Å². The minimum Gasteiger partial charge on any atom is -0.507 e. The number of ether oxygens (including phenoxy) is 3. The molecule has 11 heteroatoms. The van der Waals surface area contributed by atoms with E-state index in [0.29, 0.717) is 51.7 Å². The number of unbranched alkanes of at least 4 members (excludes halogenated alkanes) is 1. The van der Waals surface area contributed by atoms with Gasteiger partial charge in [-0.15, -0.1) is 10.2 Å². The Balaban J connectivity index is 1.34. The van der Waals surface area contributed by atoms with Gasteiger partial charge in [-0.2, -0.15) is 0 Å². The lowest BCUT2D eigenvalue weighted by atomic mass is 9.95. The SMILES string of the molecule is CCCCOc1ccc(C2C(=C(O)c3ccc(OCc4ccccc4C)cc3)C(=O)C(=O)N2c2nnc(SCc3ccc(C)cc3)s2)cc1OC. The highest BCUT2D eigenvalue weighted by Crippen LogP contribution is 2.45. The van der Waals surface area contributed by atoms with Crippen LogP contribution >= 0.6 is 23.1 Å². The molecule has 9 nitrogen and oxygen atoms in total. The van der Waals surface area contributed by atoms with Crippen LogP contribution < -0.4 is 19.1 Å². The molecule has 1 atom stereocenters. The average Bonchev–Trinajstić information content (AvgIpc) is 3.72. The number of ketones is 1. The molecule has 2 heterocycles. The molecule has 0 aliphatic carbocycles. The summed E-state index contributed by atoms with van der Waals surface area (Å²) in [6, 6.07) is 27.3. The van der Waals surface area contributed by atoms with Gasteiger partial charge in [-0.3, -0.25) is 14.5 Å². The van der Waals surface area contributed by atoms with Crippen molar-refractivity contribution in [3.63, 3.8) is 0 Å². The molecule has 1 amide bonds. The van der Waals surface area contributed by atoms with Crippen LogP contribution in [0.1, 0.15) is 59.2 Å². The maximum absolute atomic E-state index is 13.8. The van der Waals surface area contributed by atoms with E-state index in [0.717, 1.165) is 29.5 Å². The topological polar surface area (TPSA) is 111 Å². The Bertz CT molecular complexity index is 2040. The molecule has 5 aromatic rings. The fraction of sp³-hybridized carbons (Fsp3) is 0.250. The number of nitrogens with zero attached hydrogens (tertiary/aromatic N) is 3. The van der Waals surface area contributed by atoms with E-state index >= 15 is 0 Å². The number of carbonyl (C=O) groups excluding carboxylic acids is 2. The zero-order valence-electron chi connectivity index (χ0n) is 28.9. The summed E-state index contributed by atoms with van der Waals surface area (Å²) in [6.07, 6.45) is 1.85. The Morgan fingerprint density at radius 3 is 2.41 bits per heavy atom. The van der Waals surface area contributed by atoms with E-state index < -0.39 is 17.7 Å². The van der Waals surface area contributed by atoms with Crippen LogP contribution in [-0.2, 0) is 21.9 Å². The van der Waals surface area contributed by atoms with Crippen molar-refractivity contribution in [3.05, 3.63) is 130 Å². The van der Waals surface area contributed by atoms with Gasteiger partial charge in [0.1, 0.15) is 18.1 Å². The molecule has 6 rings (SSSR count). The maximum Gasteiger partial charge on any atom is 0.301 e. The molecule has 0 spiro atoms. The number of thioether (sulfide) groups is 1. The van der Waals surface area contributed by atoms with Crippen LogP contribution in [0, 0.1) is 13.8 Å². The Hall–Kier alpha value is -5.13. The third-order valence-electron chi connectivity index (χ3n) is 8.57. The highest BCUT2D eigenvalue weighted by Gasteiger charge is 2.48. The molecule has 51 heavy (non-hydrogen) atoms. The Kier molecular flexibility index (Phi) is 11.4. The number of hydrogen-bond donors (Lipinski definition) is 1. The van der Waals surface area contributed by atoms with E-state index in [4.69, 9.17) is 14.2 Å². The lowest BCUT2D eigenvalue weighted by Crippen LogP contribution is -2.29. The number of aryl methyl sites for hydroxylation is 2. The van der Waals surface area contributed by atoms with Gasteiger partial charge in [-0.05, 0) is 78.9 Å². The molecule has 1 saturated heterocycles. The quantitative estimate of drug-likeness (QED) is 0.0300. The lowest BCUT2D eigenvalue weighted by Gasteiger charge is -2.23. The molecule has 1 N–H and O–H groups in total. The predicted octanol–water partition coefficient (Wildman–Crippen LogP) is 8.84. The predicted molar refractivity (Wildman–Crippen MR) is 201 cm³/mol. The zero-order chi connectivity index (χ0) is 35.9. The fourth-order valence-electron chi connectivity index (χ4n) is 5.63. The summed E-state index contributed by atoms with van der Waals surface area (Å²) in [4.78, 5) is 29.0. The number of hydrogen-bond acceptors (Lipinski definition) is 10. The standard InChI is InChI=1S/C40H39N3O6S2/c1-5-6-21-48-32-20-17-29(22-33(32)47-4)35-34(36(44)28-15-18-31(19-16-28)49-23-30-10-8-7-9-26(30)3)37(45)38(46)43(35)39-41-42-40(51-39)50-24-27-13-11-25(2)12-14-27/h7-20,22,35,44H,5-6,21,23-24H2,1-4H3. The number of methoxy groups -OCH3 is 1. The summed E-state index contributed by atoms with van der Waals surface area (Å²) >= 11 is 2.71. The lowest BCUT2D eigenvalue weighted by molar-refractivity contribution is -0.132. The highest BCUT2D eigenvalue weighted by molar-refractivity contribution is 8.00. The van der Waals surface area contributed by atoms with Crippen LogP contribution in [0.25, 0.3) is 5.76 Å². The fourth-order valence-corrected chi connectivity index (χ4v) is 7.45. The smallest absolute Gasteiger partial charge is 0.301 e. The van der Waals surface area contributed by atoms with Crippen molar-refractivity contribution >= 4 is 45.7 Å². The normalized spacial score (nSPS) is 15.3. The third-order valence-corrected chi connectivity index (χ3v) is 10.7. The second-order valence-electron chi connectivity index (χ2n) is 12.1. The number of rotatable bonds is 14. The summed E-state index contributed by atoms with van der Waals surface area (Å²) in [5.74, 6) is 0.289. The van der Waals surface area contributed by atoms with E-state index in [1.807, 2.05) is 38.1 Å². The van der Waals surface area contributed by atoms with Crippen LogP contribution in [0.4, 0.5) is 5.13 Å². The average molecular weight is 722 g/mol. The van der Waals surface area contributed by atoms with Crippen LogP contribution in [0.2, 0.25) is 0 Å². The Labute approximate surface area is 305 Å². The summed E-state index contributed by atoms with van der Waals surface area (Å²) in [7, 11) is 1.54. The number of aliphatic hydroxyl groups excluding tert-OH is 1. The summed E-state index contributed by atoms with van der Waals surface area (Å²) in [5.41, 5.74) is 5.33. The van der Waals surface area contributed by atoms with Gasteiger partial charge in [0.15, 0.2) is 15.8 Å². The molecule has 1 aliphatic heterocycles. The van der Waals surface area contributed by atoms with Gasteiger partial charge in [-0.25, -0.2) is 0 Å². The second kappa shape index (κ2) is 16.3. The number of anilines is 1. The number of carbonyl (C=O) groups is 2. The van der Waals surface area contributed by atoms with Gasteiger partial charge >= 0.3 is 5.91 Å². The summed E-state index contributed by atoms with van der Waals surface area (Å²) in [5, 5.41) is 20.7. The van der Waals surface area contributed by atoms with Crippen molar-refractivity contribution in [1.82, 2.24) is 10.2 Å². The Morgan fingerprint density at radius 2 is 1.69 bits per heavy atom. The first-order chi connectivity index (χ1) is 24.8. The van der Waals surface area contributed by atoms with Gasteiger partial charge in [0.05, 0.1) is 25.3 Å². The number of amides is 1. The monoisotopic (exact) mass is 721 g/mol. The minimum absolute atomic E-state index is 0.0701. The first kappa shape index (κ1) is 35.7. The van der Waals surface area contributed by atoms with Crippen LogP contribution in [-0.4, -0.2) is 40.7 Å². The van der Waals surface area contributed by atoms with Crippen LogP contribution in [0.3, 0.4) is 0 Å². The highest BCUT2D eigenvalue weighted by atomic mass is 32.2. The van der Waals surface area contributed by atoms with E-state index in [1.165, 1.54) is 40.7 Å². The van der Waals surface area contributed by atoms with Crippen molar-refractivity contribution < 1.29 is 28.9 Å².